The van der Waals surface area contributed by atoms with E-state index >= 15 is 0 Å². The lowest BCUT2D eigenvalue weighted by atomic mass is 10.0. The highest BCUT2D eigenvalue weighted by atomic mass is 16.5. The fourth-order valence-corrected chi connectivity index (χ4v) is 4.38. The molecule has 1 fully saturated rings. The van der Waals surface area contributed by atoms with Gasteiger partial charge in [-0.2, -0.15) is 5.10 Å². The number of benzene rings is 1. The SMILES string of the molecule is Cc1nc(NC(=O)N2CCC(C)(OCc3ccccc3)C2=C=O)ccc1Oc1ccnc(-c2cnn(C)c2)c1. The molecule has 1 N–H and O–H groups in total. The van der Waals surface area contributed by atoms with Gasteiger partial charge in [0.05, 0.1) is 24.2 Å². The Labute approximate surface area is 225 Å². The Morgan fingerprint density at radius 2 is 2.00 bits per heavy atom. The summed E-state index contributed by atoms with van der Waals surface area (Å²) in [7, 11) is 1.84. The van der Waals surface area contributed by atoms with Gasteiger partial charge in [0.2, 0.25) is 0 Å². The zero-order valence-electron chi connectivity index (χ0n) is 21.9. The minimum Gasteiger partial charge on any atom is -0.455 e. The summed E-state index contributed by atoms with van der Waals surface area (Å²) in [5, 5.41) is 6.95. The molecule has 2 amide bonds. The molecule has 1 atom stereocenters. The first-order valence-corrected chi connectivity index (χ1v) is 12.5. The molecule has 1 aliphatic rings. The predicted octanol–water partition coefficient (Wildman–Crippen LogP) is 4.91. The molecule has 1 aliphatic heterocycles. The molecule has 10 nitrogen and oxygen atoms in total. The summed E-state index contributed by atoms with van der Waals surface area (Å²) >= 11 is 0. The third-order valence-corrected chi connectivity index (χ3v) is 6.56. The van der Waals surface area contributed by atoms with Crippen molar-refractivity contribution in [3.8, 4) is 22.8 Å². The lowest BCUT2D eigenvalue weighted by molar-refractivity contribution is -0.0109. The summed E-state index contributed by atoms with van der Waals surface area (Å²) in [6.45, 7) is 4.23. The van der Waals surface area contributed by atoms with Gasteiger partial charge >= 0.3 is 6.03 Å². The molecule has 0 saturated carbocycles. The first-order chi connectivity index (χ1) is 18.8. The summed E-state index contributed by atoms with van der Waals surface area (Å²) < 4.78 is 13.8. The molecule has 0 radical (unpaired) electrons. The van der Waals surface area contributed by atoms with Gasteiger partial charge in [0.15, 0.2) is 0 Å². The third kappa shape index (κ3) is 5.72. The number of nitrogens with one attached hydrogen (secondary N) is 1. The van der Waals surface area contributed by atoms with E-state index in [-0.39, 0.29) is 5.70 Å². The number of carbonyl (C=O) groups excluding carboxylic acids is 2. The zero-order valence-corrected chi connectivity index (χ0v) is 21.9. The van der Waals surface area contributed by atoms with Gasteiger partial charge in [0.1, 0.15) is 34.6 Å². The molecule has 198 valence electrons. The van der Waals surface area contributed by atoms with Gasteiger partial charge in [-0.25, -0.2) is 14.6 Å². The van der Waals surface area contributed by atoms with Crippen LogP contribution in [0.15, 0.2) is 78.9 Å². The van der Waals surface area contributed by atoms with Crippen molar-refractivity contribution in [3.63, 3.8) is 0 Å². The first-order valence-electron chi connectivity index (χ1n) is 12.5. The van der Waals surface area contributed by atoms with E-state index in [1.54, 1.807) is 49.1 Å². The Morgan fingerprint density at radius 1 is 1.18 bits per heavy atom. The molecule has 3 aromatic heterocycles. The number of aromatic nitrogens is 4. The van der Waals surface area contributed by atoms with E-state index in [0.29, 0.717) is 42.6 Å². The standard InChI is InChI=1S/C29H28N6O4/c1-20-25(39-23-11-13-30-24(15-23)22-16-31-34(3)17-22)9-10-27(32-20)33-28(37)35-14-12-29(2,26(35)18-36)38-19-21-7-5-4-6-8-21/h4-11,13,15-17H,12,14,19H2,1-3H3,(H,32,33,37). The average Bonchev–Trinajstić information content (AvgIpc) is 3.53. The van der Waals surface area contributed by atoms with E-state index in [2.05, 4.69) is 20.4 Å². The molecule has 4 heterocycles. The quantitative estimate of drug-likeness (QED) is 0.342. The van der Waals surface area contributed by atoms with E-state index in [1.165, 1.54) is 4.90 Å². The van der Waals surface area contributed by atoms with E-state index in [0.717, 1.165) is 16.8 Å². The number of rotatable bonds is 7. The molecular formula is C29H28N6O4. The number of aryl methyl sites for hydroxylation is 2. The van der Waals surface area contributed by atoms with Crippen molar-refractivity contribution in [3.05, 3.63) is 90.1 Å². The largest absolute Gasteiger partial charge is 0.455 e. The third-order valence-electron chi connectivity index (χ3n) is 6.56. The second-order valence-corrected chi connectivity index (χ2v) is 9.45. The van der Waals surface area contributed by atoms with E-state index in [4.69, 9.17) is 9.47 Å². The topological polar surface area (TPSA) is 111 Å². The lowest BCUT2D eigenvalue weighted by Gasteiger charge is -2.26. The number of urea groups is 1. The highest BCUT2D eigenvalue weighted by Crippen LogP contribution is 2.35. The first kappa shape index (κ1) is 25.8. The van der Waals surface area contributed by atoms with Crippen molar-refractivity contribution in [2.24, 2.45) is 7.05 Å². The highest BCUT2D eigenvalue weighted by molar-refractivity contribution is 5.91. The minimum atomic E-state index is -0.921. The van der Waals surface area contributed by atoms with Crippen LogP contribution in [0.5, 0.6) is 11.5 Å². The summed E-state index contributed by atoms with van der Waals surface area (Å²) in [5.74, 6) is 3.39. The smallest absolute Gasteiger partial charge is 0.327 e. The van der Waals surface area contributed by atoms with Gasteiger partial charge in [-0.3, -0.25) is 19.9 Å². The van der Waals surface area contributed by atoms with Gasteiger partial charge < -0.3 is 9.47 Å². The van der Waals surface area contributed by atoms with Crippen molar-refractivity contribution in [2.45, 2.75) is 32.5 Å². The molecule has 0 aliphatic carbocycles. The minimum absolute atomic E-state index is 0.162. The van der Waals surface area contributed by atoms with Crippen molar-refractivity contribution < 1.29 is 19.1 Å². The summed E-state index contributed by atoms with van der Waals surface area (Å²) in [4.78, 5) is 35.2. The van der Waals surface area contributed by atoms with Crippen LogP contribution >= 0.6 is 0 Å². The molecule has 0 bridgehead atoms. The number of anilines is 1. The van der Waals surface area contributed by atoms with Gasteiger partial charge in [0, 0.05) is 44.0 Å². The van der Waals surface area contributed by atoms with Gasteiger partial charge in [0.25, 0.3) is 0 Å². The van der Waals surface area contributed by atoms with Crippen LogP contribution < -0.4 is 10.1 Å². The Bertz CT molecular complexity index is 1550. The van der Waals surface area contributed by atoms with E-state index in [9.17, 15) is 9.59 Å². The van der Waals surface area contributed by atoms with Gasteiger partial charge in [-0.1, -0.05) is 30.3 Å². The molecule has 1 saturated heterocycles. The van der Waals surface area contributed by atoms with Crippen LogP contribution in [0.1, 0.15) is 24.6 Å². The van der Waals surface area contributed by atoms with E-state index < -0.39 is 11.6 Å². The number of hydrogen-bond acceptors (Lipinski definition) is 7. The molecule has 39 heavy (non-hydrogen) atoms. The second kappa shape index (κ2) is 10.9. The Hall–Kier alpha value is -4.79. The number of hydrogen-bond donors (Lipinski definition) is 1. The summed E-state index contributed by atoms with van der Waals surface area (Å²) in [5.41, 5.74) is 2.41. The van der Waals surface area contributed by atoms with Crippen LogP contribution in [0.4, 0.5) is 10.6 Å². The maximum atomic E-state index is 13.1. The molecular weight excluding hydrogens is 496 g/mol. The number of likely N-dealkylation sites (tertiary alicyclic amines) is 1. The lowest BCUT2D eigenvalue weighted by Crippen LogP contribution is -2.36. The van der Waals surface area contributed by atoms with E-state index in [1.807, 2.05) is 55.6 Å². The van der Waals surface area contributed by atoms with Crippen molar-refractivity contribution >= 4 is 17.8 Å². The van der Waals surface area contributed by atoms with Gasteiger partial charge in [-0.05, 0) is 37.6 Å². The summed E-state index contributed by atoms with van der Waals surface area (Å²) in [6, 6.07) is 16.2. The fourth-order valence-electron chi connectivity index (χ4n) is 4.38. The van der Waals surface area contributed by atoms with Crippen LogP contribution in [0.3, 0.4) is 0 Å². The van der Waals surface area contributed by atoms with Crippen LogP contribution in [-0.4, -0.2) is 48.8 Å². The number of carbonyl (C=O) groups is 1. The number of nitrogens with zero attached hydrogens (tertiary/aromatic N) is 5. The molecule has 1 unspecified atom stereocenters. The van der Waals surface area contributed by atoms with Crippen molar-refractivity contribution in [1.29, 1.82) is 0 Å². The van der Waals surface area contributed by atoms with Gasteiger partial charge in [-0.15, -0.1) is 0 Å². The second-order valence-electron chi connectivity index (χ2n) is 9.45. The zero-order chi connectivity index (χ0) is 27.4. The number of ether oxygens (including phenoxy) is 2. The molecule has 5 rings (SSSR count). The Balaban J connectivity index is 1.24. The van der Waals surface area contributed by atoms with Crippen molar-refractivity contribution in [2.75, 3.05) is 11.9 Å². The molecule has 4 aromatic rings. The number of pyridine rings is 2. The van der Waals surface area contributed by atoms with Crippen LogP contribution in [0, 0.1) is 6.92 Å². The molecule has 0 spiro atoms. The normalized spacial score (nSPS) is 16.7. The fraction of sp³-hybridized carbons (Fsp3) is 0.241. The Morgan fingerprint density at radius 3 is 2.72 bits per heavy atom. The van der Waals surface area contributed by atoms with Crippen LogP contribution in [0.2, 0.25) is 0 Å². The molecule has 10 heteroatoms. The molecule has 1 aromatic carbocycles. The maximum Gasteiger partial charge on any atom is 0.327 e. The predicted molar refractivity (Wildman–Crippen MR) is 145 cm³/mol. The average molecular weight is 525 g/mol. The van der Waals surface area contributed by atoms with Crippen LogP contribution in [-0.2, 0) is 23.2 Å². The van der Waals surface area contributed by atoms with Crippen molar-refractivity contribution in [1.82, 2.24) is 24.6 Å². The highest BCUT2D eigenvalue weighted by Gasteiger charge is 2.44. The Kier molecular flexibility index (Phi) is 7.23. The summed E-state index contributed by atoms with van der Waals surface area (Å²) in [6.07, 6.45) is 5.75. The monoisotopic (exact) mass is 524 g/mol. The van der Waals surface area contributed by atoms with Crippen LogP contribution in [0.25, 0.3) is 11.3 Å². The maximum absolute atomic E-state index is 13.1. The number of amides is 2.